The summed E-state index contributed by atoms with van der Waals surface area (Å²) < 4.78 is 15.4. The van der Waals surface area contributed by atoms with E-state index in [1.165, 1.54) is 4.90 Å². The maximum Gasteiger partial charge on any atom is 0.407 e. The second-order valence-corrected chi connectivity index (χ2v) is 11.2. The van der Waals surface area contributed by atoms with E-state index < -0.39 is 21.8 Å². The van der Waals surface area contributed by atoms with Gasteiger partial charge in [0.25, 0.3) is 0 Å². The van der Waals surface area contributed by atoms with Gasteiger partial charge >= 0.3 is 6.09 Å². The fourth-order valence-corrected chi connectivity index (χ4v) is 4.52. The zero-order valence-electron chi connectivity index (χ0n) is 16.7. The number of pyridine rings is 1. The molecule has 1 amide bonds. The molecule has 2 heterocycles. The summed E-state index contributed by atoms with van der Waals surface area (Å²) >= 11 is 6.12. The normalized spacial score (nSPS) is 21.9. The number of hydrogen-bond acceptors (Lipinski definition) is 3. The standard InChI is InChI=1S/C19H30ClN3O3S/c1-18(2,3)27(26)22-15(16-10-14(20)8-9-21-16)7-6-13-11-19(4,5)23(12-13)17(24)25/h8-10,13,15,22H,6-7,11-12H2,1-5H3,(H,24,25)/t13-,15?,27?/m0/s1. The van der Waals surface area contributed by atoms with Crippen LogP contribution in [0.2, 0.25) is 5.02 Å². The number of halogens is 1. The van der Waals surface area contributed by atoms with Crippen molar-refractivity contribution in [3.63, 3.8) is 0 Å². The fraction of sp³-hybridized carbons (Fsp3) is 0.684. The molecule has 1 fully saturated rings. The van der Waals surface area contributed by atoms with Crippen LogP contribution in [-0.2, 0) is 11.0 Å². The van der Waals surface area contributed by atoms with Crippen LogP contribution in [0.25, 0.3) is 0 Å². The van der Waals surface area contributed by atoms with Crippen molar-refractivity contribution < 1.29 is 14.1 Å². The first-order valence-electron chi connectivity index (χ1n) is 9.20. The van der Waals surface area contributed by atoms with Gasteiger partial charge in [0, 0.05) is 23.3 Å². The van der Waals surface area contributed by atoms with Crippen LogP contribution < -0.4 is 4.72 Å². The van der Waals surface area contributed by atoms with E-state index in [1.54, 1.807) is 18.3 Å². The van der Waals surface area contributed by atoms with E-state index in [1.807, 2.05) is 34.6 Å². The third-order valence-electron chi connectivity index (χ3n) is 4.96. The highest BCUT2D eigenvalue weighted by atomic mass is 35.5. The molecule has 0 radical (unpaired) electrons. The molecule has 1 saturated heterocycles. The van der Waals surface area contributed by atoms with Crippen molar-refractivity contribution in [1.29, 1.82) is 0 Å². The van der Waals surface area contributed by atoms with Crippen LogP contribution in [0.5, 0.6) is 0 Å². The Balaban J connectivity index is 2.11. The minimum absolute atomic E-state index is 0.203. The van der Waals surface area contributed by atoms with Gasteiger partial charge in [-0.25, -0.2) is 13.7 Å². The van der Waals surface area contributed by atoms with E-state index in [4.69, 9.17) is 11.6 Å². The number of likely N-dealkylation sites (tertiary alicyclic amines) is 1. The topological polar surface area (TPSA) is 82.5 Å². The summed E-state index contributed by atoms with van der Waals surface area (Å²) in [6.45, 7) is 10.2. The van der Waals surface area contributed by atoms with Crippen molar-refractivity contribution in [2.45, 2.75) is 70.2 Å². The zero-order valence-corrected chi connectivity index (χ0v) is 18.2. The number of amides is 1. The van der Waals surface area contributed by atoms with Crippen LogP contribution >= 0.6 is 11.6 Å². The predicted octanol–water partition coefficient (Wildman–Crippen LogP) is 4.39. The Labute approximate surface area is 169 Å². The van der Waals surface area contributed by atoms with Crippen LogP contribution in [0.4, 0.5) is 4.79 Å². The molecule has 152 valence electrons. The largest absolute Gasteiger partial charge is 0.465 e. The molecule has 1 aromatic heterocycles. The second kappa shape index (κ2) is 8.45. The minimum atomic E-state index is -1.24. The van der Waals surface area contributed by atoms with Crippen molar-refractivity contribution >= 4 is 28.7 Å². The van der Waals surface area contributed by atoms with Gasteiger partial charge in [0.15, 0.2) is 0 Å². The fourth-order valence-electron chi connectivity index (χ4n) is 3.50. The average molecular weight is 416 g/mol. The highest BCUT2D eigenvalue weighted by Gasteiger charge is 2.41. The number of carboxylic acid groups (broad SMARTS) is 1. The lowest BCUT2D eigenvalue weighted by Crippen LogP contribution is -2.41. The molecule has 0 aliphatic carbocycles. The van der Waals surface area contributed by atoms with Crippen molar-refractivity contribution in [3.05, 3.63) is 29.0 Å². The van der Waals surface area contributed by atoms with Gasteiger partial charge in [-0.05, 0) is 71.9 Å². The van der Waals surface area contributed by atoms with Crippen LogP contribution in [0, 0.1) is 5.92 Å². The van der Waals surface area contributed by atoms with E-state index in [9.17, 15) is 14.1 Å². The minimum Gasteiger partial charge on any atom is -0.465 e. The highest BCUT2D eigenvalue weighted by molar-refractivity contribution is 7.84. The lowest BCUT2D eigenvalue weighted by molar-refractivity contribution is 0.117. The first kappa shape index (κ1) is 22.1. The van der Waals surface area contributed by atoms with Crippen molar-refractivity contribution in [2.24, 2.45) is 5.92 Å². The van der Waals surface area contributed by atoms with E-state index in [0.717, 1.165) is 18.5 Å². The van der Waals surface area contributed by atoms with Gasteiger partial charge in [-0.1, -0.05) is 11.6 Å². The molecule has 0 spiro atoms. The lowest BCUT2D eigenvalue weighted by atomic mass is 9.91. The van der Waals surface area contributed by atoms with E-state index in [0.29, 0.717) is 18.0 Å². The van der Waals surface area contributed by atoms with E-state index in [-0.39, 0.29) is 17.5 Å². The Morgan fingerprint density at radius 1 is 1.52 bits per heavy atom. The van der Waals surface area contributed by atoms with Crippen molar-refractivity contribution in [1.82, 2.24) is 14.6 Å². The summed E-state index contributed by atoms with van der Waals surface area (Å²) in [5.41, 5.74) is 0.398. The maximum absolute atomic E-state index is 12.6. The number of nitrogens with zero attached hydrogens (tertiary/aromatic N) is 2. The summed E-state index contributed by atoms with van der Waals surface area (Å²) in [5.74, 6) is 0.266. The Hall–Kier alpha value is -1.18. The van der Waals surface area contributed by atoms with Gasteiger partial charge in [-0.2, -0.15) is 0 Å². The Bertz CT molecular complexity index is 706. The summed E-state index contributed by atoms with van der Waals surface area (Å²) in [7, 11) is -1.24. The molecule has 8 heteroatoms. The van der Waals surface area contributed by atoms with Crippen molar-refractivity contribution in [3.8, 4) is 0 Å². The summed E-state index contributed by atoms with van der Waals surface area (Å²) in [6, 6.07) is 3.31. The Morgan fingerprint density at radius 2 is 2.19 bits per heavy atom. The van der Waals surface area contributed by atoms with Gasteiger partial charge < -0.3 is 10.0 Å². The first-order valence-corrected chi connectivity index (χ1v) is 10.7. The predicted molar refractivity (Wildman–Crippen MR) is 109 cm³/mol. The quantitative estimate of drug-likeness (QED) is 0.721. The number of aromatic nitrogens is 1. The van der Waals surface area contributed by atoms with E-state index in [2.05, 4.69) is 9.71 Å². The third kappa shape index (κ3) is 5.90. The molecule has 3 atom stereocenters. The molecular formula is C19H30ClN3O3S. The molecular weight excluding hydrogens is 386 g/mol. The first-order chi connectivity index (χ1) is 12.4. The van der Waals surface area contributed by atoms with Crippen LogP contribution in [-0.4, -0.2) is 42.1 Å². The van der Waals surface area contributed by atoms with E-state index >= 15 is 0 Å². The Morgan fingerprint density at radius 3 is 2.70 bits per heavy atom. The highest BCUT2D eigenvalue weighted by Crippen LogP contribution is 2.36. The SMILES string of the molecule is CC1(C)C[C@H](CCC(NS(=O)C(C)(C)C)c2cc(Cl)ccn2)CN1C(=O)O. The number of carbonyl (C=O) groups is 1. The molecule has 1 aliphatic heterocycles. The molecule has 2 N–H and O–H groups in total. The summed E-state index contributed by atoms with van der Waals surface area (Å²) in [5, 5.41) is 10.00. The molecule has 1 aliphatic rings. The number of rotatable bonds is 6. The zero-order chi connectivity index (χ0) is 20.4. The second-order valence-electron chi connectivity index (χ2n) is 8.80. The maximum atomic E-state index is 12.6. The molecule has 0 saturated carbocycles. The molecule has 1 aromatic rings. The smallest absolute Gasteiger partial charge is 0.407 e. The summed E-state index contributed by atoms with van der Waals surface area (Å²) in [4.78, 5) is 17.4. The summed E-state index contributed by atoms with van der Waals surface area (Å²) in [6.07, 6.45) is 3.13. The van der Waals surface area contributed by atoms with Gasteiger partial charge in [0.1, 0.15) is 0 Å². The van der Waals surface area contributed by atoms with Gasteiger partial charge in [0.05, 0.1) is 27.5 Å². The van der Waals surface area contributed by atoms with Gasteiger partial charge in [0.2, 0.25) is 0 Å². The average Bonchev–Trinajstić information content (AvgIpc) is 2.85. The monoisotopic (exact) mass is 415 g/mol. The number of nitrogens with one attached hydrogen (secondary N) is 1. The third-order valence-corrected chi connectivity index (χ3v) is 6.81. The van der Waals surface area contributed by atoms with Crippen LogP contribution in [0.3, 0.4) is 0 Å². The molecule has 6 nitrogen and oxygen atoms in total. The lowest BCUT2D eigenvalue weighted by Gasteiger charge is -2.28. The van der Waals surface area contributed by atoms with Crippen LogP contribution in [0.1, 0.15) is 65.6 Å². The molecule has 2 rings (SSSR count). The molecule has 27 heavy (non-hydrogen) atoms. The van der Waals surface area contributed by atoms with Crippen LogP contribution in [0.15, 0.2) is 18.3 Å². The van der Waals surface area contributed by atoms with Gasteiger partial charge in [-0.15, -0.1) is 0 Å². The number of hydrogen-bond donors (Lipinski definition) is 2. The molecule has 0 bridgehead atoms. The van der Waals surface area contributed by atoms with Crippen molar-refractivity contribution in [2.75, 3.05) is 6.54 Å². The molecule has 0 aromatic carbocycles. The molecule has 2 unspecified atom stereocenters. The van der Waals surface area contributed by atoms with Gasteiger partial charge in [-0.3, -0.25) is 4.98 Å². The Kier molecular flexibility index (Phi) is 6.92.